The summed E-state index contributed by atoms with van der Waals surface area (Å²) in [6, 6.07) is 9.19. The molecular weight excluding hydrogens is 370 g/mol. The van der Waals surface area contributed by atoms with Crippen molar-refractivity contribution < 1.29 is 0 Å². The summed E-state index contributed by atoms with van der Waals surface area (Å²) in [7, 11) is 0. The number of para-hydroxylation sites is 1. The summed E-state index contributed by atoms with van der Waals surface area (Å²) >= 11 is 1.80. The van der Waals surface area contributed by atoms with Crippen molar-refractivity contribution in [3.63, 3.8) is 0 Å². The second-order valence-corrected chi connectivity index (χ2v) is 8.84. The highest BCUT2D eigenvalue weighted by molar-refractivity contribution is 7.22. The van der Waals surface area contributed by atoms with Crippen LogP contribution in [0.5, 0.6) is 0 Å². The Labute approximate surface area is 169 Å². The molecule has 1 aliphatic heterocycles. The quantitative estimate of drug-likeness (QED) is 0.655. The molecule has 3 aromatic rings. The zero-order chi connectivity index (χ0) is 18.9. The van der Waals surface area contributed by atoms with Gasteiger partial charge >= 0.3 is 0 Å². The Balaban J connectivity index is 1.29. The normalized spacial score (nSPS) is 20.2. The van der Waals surface area contributed by atoms with E-state index in [4.69, 9.17) is 4.98 Å². The molecule has 2 aromatic heterocycles. The van der Waals surface area contributed by atoms with Crippen LogP contribution in [0, 0.1) is 0 Å². The Morgan fingerprint density at radius 2 is 1.89 bits per heavy atom. The monoisotopic (exact) mass is 397 g/mol. The van der Waals surface area contributed by atoms with Crippen LogP contribution in [-0.2, 0) is 0 Å². The second-order valence-electron chi connectivity index (χ2n) is 7.83. The van der Waals surface area contributed by atoms with Crippen LogP contribution >= 0.6 is 11.3 Å². The molecule has 1 saturated heterocycles. The molecule has 7 nitrogen and oxygen atoms in total. The summed E-state index contributed by atoms with van der Waals surface area (Å²) < 4.78 is 3.39. The van der Waals surface area contributed by atoms with E-state index >= 15 is 0 Å². The van der Waals surface area contributed by atoms with Crippen molar-refractivity contribution >= 4 is 26.7 Å². The first-order valence-corrected chi connectivity index (χ1v) is 11.3. The Kier molecular flexibility index (Phi) is 4.98. The fourth-order valence-corrected chi connectivity index (χ4v) is 5.67. The number of rotatable bonds is 5. The Morgan fingerprint density at radius 3 is 2.64 bits per heavy atom. The van der Waals surface area contributed by atoms with Crippen molar-refractivity contribution in [2.24, 2.45) is 0 Å². The number of benzene rings is 1. The molecule has 1 unspecified atom stereocenters. The number of piperazine rings is 1. The number of aromatic nitrogens is 5. The first-order valence-electron chi connectivity index (χ1n) is 10.5. The maximum Gasteiger partial charge on any atom is 0.186 e. The van der Waals surface area contributed by atoms with Gasteiger partial charge in [0.15, 0.2) is 11.0 Å². The Bertz CT molecular complexity index is 888. The van der Waals surface area contributed by atoms with E-state index in [2.05, 4.69) is 61.2 Å². The van der Waals surface area contributed by atoms with Crippen molar-refractivity contribution in [1.29, 1.82) is 0 Å². The van der Waals surface area contributed by atoms with Crippen molar-refractivity contribution in [3.05, 3.63) is 30.1 Å². The van der Waals surface area contributed by atoms with Gasteiger partial charge in [-0.25, -0.2) is 9.67 Å². The molecule has 3 heterocycles. The van der Waals surface area contributed by atoms with Gasteiger partial charge in [-0.3, -0.25) is 4.90 Å². The van der Waals surface area contributed by atoms with Gasteiger partial charge in [0.25, 0.3) is 0 Å². The fourth-order valence-electron chi connectivity index (χ4n) is 4.65. The van der Waals surface area contributed by atoms with E-state index in [0.717, 1.165) is 49.1 Å². The molecule has 1 aromatic carbocycles. The SMILES string of the molecule is CCC(c1nnnn1C1CCCC1)N1CCN(c2nc3ccccc3s2)CC1. The predicted octanol–water partition coefficient (Wildman–Crippen LogP) is 3.67. The number of nitrogens with zero attached hydrogens (tertiary/aromatic N) is 7. The predicted molar refractivity (Wildman–Crippen MR) is 112 cm³/mol. The molecule has 148 valence electrons. The van der Waals surface area contributed by atoms with Crippen molar-refractivity contribution in [3.8, 4) is 0 Å². The van der Waals surface area contributed by atoms with Crippen LogP contribution in [0.15, 0.2) is 24.3 Å². The van der Waals surface area contributed by atoms with E-state index in [9.17, 15) is 0 Å². The van der Waals surface area contributed by atoms with Gasteiger partial charge in [-0.15, -0.1) is 5.10 Å². The first-order chi connectivity index (χ1) is 13.8. The lowest BCUT2D eigenvalue weighted by molar-refractivity contribution is 0.166. The summed E-state index contributed by atoms with van der Waals surface area (Å²) in [5, 5.41) is 14.0. The summed E-state index contributed by atoms with van der Waals surface area (Å²) in [6.07, 6.45) is 6.04. The third kappa shape index (κ3) is 3.28. The third-order valence-electron chi connectivity index (χ3n) is 6.18. The summed E-state index contributed by atoms with van der Waals surface area (Å²) in [4.78, 5) is 9.81. The van der Waals surface area contributed by atoms with E-state index < -0.39 is 0 Å². The van der Waals surface area contributed by atoms with Gasteiger partial charge in [0, 0.05) is 26.2 Å². The van der Waals surface area contributed by atoms with Crippen LogP contribution in [-0.4, -0.2) is 56.3 Å². The molecule has 0 amide bonds. The first kappa shape index (κ1) is 18.0. The topological polar surface area (TPSA) is 63.0 Å². The summed E-state index contributed by atoms with van der Waals surface area (Å²) in [6.45, 7) is 6.29. The molecule has 2 fully saturated rings. The molecule has 1 atom stereocenters. The number of anilines is 1. The Morgan fingerprint density at radius 1 is 1.11 bits per heavy atom. The molecule has 0 N–H and O–H groups in total. The van der Waals surface area contributed by atoms with E-state index in [0.29, 0.717) is 12.1 Å². The van der Waals surface area contributed by atoms with Crippen molar-refractivity contribution in [2.45, 2.75) is 51.1 Å². The second kappa shape index (κ2) is 7.75. The molecular formula is C20H27N7S. The maximum absolute atomic E-state index is 4.83. The largest absolute Gasteiger partial charge is 0.345 e. The number of fused-ring (bicyclic) bond motifs is 1. The highest BCUT2D eigenvalue weighted by atomic mass is 32.1. The van der Waals surface area contributed by atoms with Crippen LogP contribution < -0.4 is 4.90 Å². The molecule has 5 rings (SSSR count). The zero-order valence-electron chi connectivity index (χ0n) is 16.4. The van der Waals surface area contributed by atoms with Crippen LogP contribution in [0.25, 0.3) is 10.2 Å². The van der Waals surface area contributed by atoms with Gasteiger partial charge in [-0.1, -0.05) is 43.2 Å². The number of hydrogen-bond acceptors (Lipinski definition) is 7. The molecule has 8 heteroatoms. The lowest BCUT2D eigenvalue weighted by atomic mass is 10.1. The summed E-state index contributed by atoms with van der Waals surface area (Å²) in [5.74, 6) is 1.06. The average Bonchev–Trinajstić information content (AvgIpc) is 3.48. The smallest absolute Gasteiger partial charge is 0.186 e. The standard InChI is InChI=1S/C20H27N7S/c1-2-17(19-22-23-24-27(19)15-7-3-4-8-15)25-11-13-26(14-12-25)20-21-16-9-5-6-10-18(16)28-20/h5-6,9-10,15,17H,2-4,7-8,11-14H2,1H3. The molecule has 28 heavy (non-hydrogen) atoms. The van der Waals surface area contributed by atoms with Gasteiger partial charge in [0.05, 0.1) is 22.3 Å². The minimum atomic E-state index is 0.299. The third-order valence-corrected chi connectivity index (χ3v) is 7.28. The number of tetrazole rings is 1. The minimum Gasteiger partial charge on any atom is -0.345 e. The van der Waals surface area contributed by atoms with Gasteiger partial charge in [-0.2, -0.15) is 0 Å². The van der Waals surface area contributed by atoms with Crippen molar-refractivity contribution in [1.82, 2.24) is 30.1 Å². The van der Waals surface area contributed by atoms with Crippen molar-refractivity contribution in [2.75, 3.05) is 31.1 Å². The van der Waals surface area contributed by atoms with E-state index in [1.54, 1.807) is 11.3 Å². The van der Waals surface area contributed by atoms with E-state index in [1.165, 1.54) is 30.4 Å². The van der Waals surface area contributed by atoms with Gasteiger partial charge < -0.3 is 4.90 Å². The highest BCUT2D eigenvalue weighted by Gasteiger charge is 2.31. The minimum absolute atomic E-state index is 0.299. The average molecular weight is 398 g/mol. The van der Waals surface area contributed by atoms with Crippen LogP contribution in [0.1, 0.15) is 56.9 Å². The summed E-state index contributed by atoms with van der Waals surface area (Å²) in [5.41, 5.74) is 1.10. The lowest BCUT2D eigenvalue weighted by Crippen LogP contribution is -2.48. The molecule has 0 bridgehead atoms. The van der Waals surface area contributed by atoms with Gasteiger partial charge in [-0.05, 0) is 41.8 Å². The fraction of sp³-hybridized carbons (Fsp3) is 0.600. The Hall–Kier alpha value is -2.06. The highest BCUT2D eigenvalue weighted by Crippen LogP contribution is 2.34. The molecule has 0 radical (unpaired) electrons. The van der Waals surface area contributed by atoms with Crippen LogP contribution in [0.2, 0.25) is 0 Å². The van der Waals surface area contributed by atoms with Crippen LogP contribution in [0.4, 0.5) is 5.13 Å². The number of hydrogen-bond donors (Lipinski definition) is 0. The molecule has 1 aliphatic carbocycles. The van der Waals surface area contributed by atoms with Crippen LogP contribution in [0.3, 0.4) is 0 Å². The van der Waals surface area contributed by atoms with E-state index in [1.807, 2.05) is 0 Å². The van der Waals surface area contributed by atoms with Gasteiger partial charge in [0.2, 0.25) is 0 Å². The zero-order valence-corrected chi connectivity index (χ0v) is 17.2. The number of thiazole rings is 1. The molecule has 2 aliphatic rings. The molecule has 1 saturated carbocycles. The maximum atomic E-state index is 4.83. The lowest BCUT2D eigenvalue weighted by Gasteiger charge is -2.38. The van der Waals surface area contributed by atoms with E-state index in [-0.39, 0.29) is 0 Å². The van der Waals surface area contributed by atoms with Gasteiger partial charge in [0.1, 0.15) is 0 Å². The molecule has 0 spiro atoms.